The summed E-state index contributed by atoms with van der Waals surface area (Å²) in [6.07, 6.45) is 5.46. The molecule has 0 amide bonds. The predicted molar refractivity (Wildman–Crippen MR) is 59.8 cm³/mol. The number of pyridine rings is 1. The van der Waals surface area contributed by atoms with Crippen molar-refractivity contribution in [1.82, 2.24) is 10.3 Å². The Morgan fingerprint density at radius 1 is 1.47 bits per heavy atom. The van der Waals surface area contributed by atoms with Crippen molar-refractivity contribution in [2.45, 2.75) is 31.4 Å². The lowest BCUT2D eigenvalue weighted by atomic mass is 10.2. The summed E-state index contributed by atoms with van der Waals surface area (Å²) in [4.78, 5) is 4.00. The molecule has 1 aliphatic carbocycles. The van der Waals surface area contributed by atoms with Gasteiger partial charge in [-0.15, -0.1) is 0 Å². The van der Waals surface area contributed by atoms with E-state index in [4.69, 9.17) is 10.5 Å². The molecule has 1 fully saturated rings. The first-order valence-corrected chi connectivity index (χ1v) is 5.35. The minimum absolute atomic E-state index is 0.264. The van der Waals surface area contributed by atoms with E-state index in [2.05, 4.69) is 10.3 Å². The van der Waals surface area contributed by atoms with E-state index < -0.39 is 0 Å². The van der Waals surface area contributed by atoms with Crippen LogP contribution in [0.3, 0.4) is 0 Å². The van der Waals surface area contributed by atoms with Crippen molar-refractivity contribution >= 4 is 5.82 Å². The summed E-state index contributed by atoms with van der Waals surface area (Å²) in [6.45, 7) is 0. The second-order valence-corrected chi connectivity index (χ2v) is 3.90. The smallest absolute Gasteiger partial charge is 0.138 e. The molecule has 1 saturated carbocycles. The summed E-state index contributed by atoms with van der Waals surface area (Å²) in [5, 5.41) is 3.28. The normalized spacial score (nSPS) is 25.4. The number of nitrogen functional groups attached to an aromatic ring is 1. The zero-order valence-electron chi connectivity index (χ0n) is 8.94. The van der Waals surface area contributed by atoms with E-state index in [0.717, 1.165) is 12.2 Å². The summed E-state index contributed by atoms with van der Waals surface area (Å²) in [6, 6.07) is 4.09. The van der Waals surface area contributed by atoms with Gasteiger partial charge in [-0.25, -0.2) is 4.98 Å². The van der Waals surface area contributed by atoms with Gasteiger partial charge in [0, 0.05) is 6.04 Å². The fraction of sp³-hybridized carbons (Fsp3) is 0.545. The number of hydrogen-bond donors (Lipinski definition) is 2. The number of ether oxygens (including phenoxy) is 1. The fourth-order valence-corrected chi connectivity index (χ4v) is 2.03. The summed E-state index contributed by atoms with van der Waals surface area (Å²) in [5.41, 5.74) is 5.51. The maximum Gasteiger partial charge on any atom is 0.138 e. The Hall–Kier alpha value is -1.29. The third kappa shape index (κ3) is 2.39. The maximum absolute atomic E-state index is 5.85. The molecule has 1 heterocycles. The zero-order valence-corrected chi connectivity index (χ0v) is 8.94. The molecule has 0 radical (unpaired) electrons. The van der Waals surface area contributed by atoms with E-state index in [9.17, 15) is 0 Å². The maximum atomic E-state index is 5.85. The molecule has 0 saturated heterocycles. The van der Waals surface area contributed by atoms with E-state index in [-0.39, 0.29) is 6.10 Å². The van der Waals surface area contributed by atoms with Crippen LogP contribution in [0.2, 0.25) is 0 Å². The van der Waals surface area contributed by atoms with Crippen LogP contribution in [-0.2, 0) is 0 Å². The van der Waals surface area contributed by atoms with E-state index in [1.165, 1.54) is 12.8 Å². The largest absolute Gasteiger partial charge is 0.487 e. The van der Waals surface area contributed by atoms with Crippen LogP contribution in [0.5, 0.6) is 5.75 Å². The van der Waals surface area contributed by atoms with Crippen molar-refractivity contribution in [3.05, 3.63) is 18.3 Å². The van der Waals surface area contributed by atoms with Crippen molar-refractivity contribution < 1.29 is 4.74 Å². The fourth-order valence-electron chi connectivity index (χ4n) is 2.03. The molecular formula is C11H17N3O. The molecule has 0 spiro atoms. The van der Waals surface area contributed by atoms with Gasteiger partial charge in [-0.2, -0.15) is 0 Å². The molecule has 4 heteroatoms. The number of hydrogen-bond acceptors (Lipinski definition) is 4. The van der Waals surface area contributed by atoms with Crippen molar-refractivity contribution in [2.24, 2.45) is 0 Å². The van der Waals surface area contributed by atoms with Gasteiger partial charge in [0.1, 0.15) is 17.7 Å². The van der Waals surface area contributed by atoms with Gasteiger partial charge in [0.15, 0.2) is 0 Å². The van der Waals surface area contributed by atoms with Gasteiger partial charge < -0.3 is 15.8 Å². The lowest BCUT2D eigenvalue weighted by Gasteiger charge is -2.20. The van der Waals surface area contributed by atoms with Crippen molar-refractivity contribution in [3.8, 4) is 5.75 Å². The SMILES string of the molecule is CN[C@H]1CCC[C@H]1Oc1ccc(N)nc1. The van der Waals surface area contributed by atoms with Crippen LogP contribution in [0.4, 0.5) is 5.82 Å². The lowest BCUT2D eigenvalue weighted by Crippen LogP contribution is -2.36. The molecule has 2 rings (SSSR count). The van der Waals surface area contributed by atoms with Crippen molar-refractivity contribution in [1.29, 1.82) is 0 Å². The Morgan fingerprint density at radius 2 is 2.33 bits per heavy atom. The topological polar surface area (TPSA) is 60.2 Å². The number of aromatic nitrogens is 1. The van der Waals surface area contributed by atoms with Crippen LogP contribution in [-0.4, -0.2) is 24.2 Å². The second kappa shape index (κ2) is 4.49. The molecule has 0 unspecified atom stereocenters. The first kappa shape index (κ1) is 10.2. The van der Waals surface area contributed by atoms with Gasteiger partial charge in [0.05, 0.1) is 6.20 Å². The van der Waals surface area contributed by atoms with Gasteiger partial charge in [-0.1, -0.05) is 0 Å². The highest BCUT2D eigenvalue weighted by molar-refractivity contribution is 5.32. The van der Waals surface area contributed by atoms with Crippen LogP contribution in [0.25, 0.3) is 0 Å². The van der Waals surface area contributed by atoms with Gasteiger partial charge in [-0.3, -0.25) is 0 Å². The number of nitrogens with one attached hydrogen (secondary N) is 1. The zero-order chi connectivity index (χ0) is 10.7. The molecule has 0 bridgehead atoms. The van der Waals surface area contributed by atoms with Gasteiger partial charge in [0.25, 0.3) is 0 Å². The molecule has 2 atom stereocenters. The molecule has 1 aromatic rings. The van der Waals surface area contributed by atoms with E-state index in [0.29, 0.717) is 11.9 Å². The lowest BCUT2D eigenvalue weighted by molar-refractivity contribution is 0.178. The molecule has 1 aliphatic rings. The molecule has 0 aromatic carbocycles. The summed E-state index contributed by atoms with van der Waals surface area (Å²) < 4.78 is 5.85. The molecule has 1 aromatic heterocycles. The first-order valence-electron chi connectivity index (χ1n) is 5.35. The summed E-state index contributed by atoms with van der Waals surface area (Å²) >= 11 is 0. The number of nitrogens with zero attached hydrogens (tertiary/aromatic N) is 1. The van der Waals surface area contributed by atoms with Gasteiger partial charge in [0.2, 0.25) is 0 Å². The van der Waals surface area contributed by atoms with Crippen molar-refractivity contribution in [2.75, 3.05) is 12.8 Å². The van der Waals surface area contributed by atoms with E-state index >= 15 is 0 Å². The van der Waals surface area contributed by atoms with Crippen LogP contribution in [0.1, 0.15) is 19.3 Å². The standard InChI is InChI=1S/C11H17N3O/c1-13-9-3-2-4-10(9)15-8-5-6-11(12)14-7-8/h5-7,9-10,13H,2-4H2,1H3,(H2,12,14)/t9-,10+/m0/s1. The van der Waals surface area contributed by atoms with Crippen LogP contribution in [0, 0.1) is 0 Å². The second-order valence-electron chi connectivity index (χ2n) is 3.90. The molecular weight excluding hydrogens is 190 g/mol. The number of nitrogens with two attached hydrogens (primary N) is 1. The first-order chi connectivity index (χ1) is 7.29. The number of likely N-dealkylation sites (N-methyl/N-ethyl adjacent to an activating group) is 1. The van der Waals surface area contributed by atoms with Crippen LogP contribution in [0.15, 0.2) is 18.3 Å². The molecule has 82 valence electrons. The molecule has 15 heavy (non-hydrogen) atoms. The van der Waals surface area contributed by atoms with E-state index in [1.54, 1.807) is 12.3 Å². The minimum Gasteiger partial charge on any atom is -0.487 e. The monoisotopic (exact) mass is 207 g/mol. The summed E-state index contributed by atoms with van der Waals surface area (Å²) in [7, 11) is 1.98. The molecule has 0 aliphatic heterocycles. The number of anilines is 1. The average molecular weight is 207 g/mol. The predicted octanol–water partition coefficient (Wildman–Crippen LogP) is 1.18. The third-order valence-electron chi connectivity index (χ3n) is 2.87. The van der Waals surface area contributed by atoms with Gasteiger partial charge >= 0.3 is 0 Å². The quantitative estimate of drug-likeness (QED) is 0.781. The van der Waals surface area contributed by atoms with Crippen LogP contribution < -0.4 is 15.8 Å². The Labute approximate surface area is 89.8 Å². The van der Waals surface area contributed by atoms with Crippen molar-refractivity contribution in [3.63, 3.8) is 0 Å². The third-order valence-corrected chi connectivity index (χ3v) is 2.87. The average Bonchev–Trinajstić information content (AvgIpc) is 2.69. The molecule has 4 nitrogen and oxygen atoms in total. The highest BCUT2D eigenvalue weighted by Crippen LogP contribution is 2.24. The van der Waals surface area contributed by atoms with E-state index in [1.807, 2.05) is 13.1 Å². The van der Waals surface area contributed by atoms with Crippen LogP contribution >= 0.6 is 0 Å². The highest BCUT2D eigenvalue weighted by Gasteiger charge is 2.27. The minimum atomic E-state index is 0.264. The Morgan fingerprint density at radius 3 is 3.00 bits per heavy atom. The highest BCUT2D eigenvalue weighted by atomic mass is 16.5. The Balaban J connectivity index is 1.99. The molecule has 3 N–H and O–H groups in total. The van der Waals surface area contributed by atoms with Gasteiger partial charge in [-0.05, 0) is 38.4 Å². The Bertz CT molecular complexity index is 312. The summed E-state index contributed by atoms with van der Waals surface area (Å²) in [5.74, 6) is 1.33. The Kier molecular flexibility index (Phi) is 3.06. The number of rotatable bonds is 3.